The van der Waals surface area contributed by atoms with Crippen molar-refractivity contribution in [1.82, 2.24) is 5.43 Å². The Labute approximate surface area is 167 Å². The maximum absolute atomic E-state index is 12.5. The molecular formula is C22H18ClN3O2. The number of anilines is 1. The number of carbonyl (C=O) groups excluding carboxylic acids is 2. The largest absolute Gasteiger partial charge is 0.312 e. The Kier molecular flexibility index (Phi) is 5.08. The third-order valence-electron chi connectivity index (χ3n) is 4.84. The molecule has 0 radical (unpaired) electrons. The quantitative estimate of drug-likeness (QED) is 0.539. The summed E-state index contributed by atoms with van der Waals surface area (Å²) in [5, 5.41) is 6.87. The van der Waals surface area contributed by atoms with Crippen molar-refractivity contribution in [2.45, 2.75) is 6.42 Å². The second-order valence-corrected chi connectivity index (χ2v) is 7.12. The number of carbonyl (C=O) groups is 2. The van der Waals surface area contributed by atoms with E-state index >= 15 is 0 Å². The molecule has 6 heteroatoms. The summed E-state index contributed by atoms with van der Waals surface area (Å²) in [4.78, 5) is 26.3. The Balaban J connectivity index is 1.42. The molecule has 1 atom stereocenters. The Bertz CT molecular complexity index is 1060. The molecule has 3 aromatic carbocycles. The Morgan fingerprint density at radius 1 is 1.07 bits per heavy atom. The highest BCUT2D eigenvalue weighted by Crippen LogP contribution is 2.26. The summed E-state index contributed by atoms with van der Waals surface area (Å²) in [6.07, 6.45) is 1.80. The first-order valence-corrected chi connectivity index (χ1v) is 9.36. The molecule has 3 aromatic rings. The maximum Gasteiger partial charge on any atom is 0.245 e. The summed E-state index contributed by atoms with van der Waals surface area (Å²) in [6.45, 7) is 0.329. The molecule has 5 nitrogen and oxygen atoms in total. The standard InChI is InChI=1S/C22H18ClN3O2/c23-18-8-10-19(11-9-18)26-14-17(12-21(26)27)22(28)25-24-13-16-6-3-5-15-4-1-2-7-20(15)16/h1-11,13,17H,12,14H2,(H,25,28)/b24-13-/t17-/m1/s1. The van der Waals surface area contributed by atoms with E-state index in [1.54, 1.807) is 35.4 Å². The van der Waals surface area contributed by atoms with Crippen molar-refractivity contribution in [1.29, 1.82) is 0 Å². The second-order valence-electron chi connectivity index (χ2n) is 6.68. The summed E-state index contributed by atoms with van der Waals surface area (Å²) in [5.41, 5.74) is 4.23. The van der Waals surface area contributed by atoms with Crippen LogP contribution in [0, 0.1) is 5.92 Å². The third kappa shape index (κ3) is 3.75. The van der Waals surface area contributed by atoms with Gasteiger partial charge in [0.15, 0.2) is 0 Å². The van der Waals surface area contributed by atoms with Gasteiger partial charge >= 0.3 is 0 Å². The lowest BCUT2D eigenvalue weighted by Gasteiger charge is -2.16. The molecule has 1 aliphatic rings. The van der Waals surface area contributed by atoms with Crippen molar-refractivity contribution in [3.8, 4) is 0 Å². The molecule has 0 aliphatic carbocycles. The fraction of sp³-hybridized carbons (Fsp3) is 0.136. The highest BCUT2D eigenvalue weighted by Gasteiger charge is 2.35. The minimum Gasteiger partial charge on any atom is -0.312 e. The molecule has 0 spiro atoms. The van der Waals surface area contributed by atoms with Crippen molar-refractivity contribution in [2.24, 2.45) is 11.0 Å². The number of rotatable bonds is 4. The first-order chi connectivity index (χ1) is 13.6. The van der Waals surface area contributed by atoms with Crippen molar-refractivity contribution >= 4 is 46.1 Å². The maximum atomic E-state index is 12.5. The minimum atomic E-state index is -0.437. The lowest BCUT2D eigenvalue weighted by atomic mass is 10.1. The van der Waals surface area contributed by atoms with Crippen molar-refractivity contribution in [3.05, 3.63) is 77.3 Å². The van der Waals surface area contributed by atoms with E-state index in [9.17, 15) is 9.59 Å². The number of hydrazone groups is 1. The van der Waals surface area contributed by atoms with Gasteiger partial charge in [-0.25, -0.2) is 5.43 Å². The van der Waals surface area contributed by atoms with Crippen LogP contribution in [0.3, 0.4) is 0 Å². The van der Waals surface area contributed by atoms with Gasteiger partial charge in [0.1, 0.15) is 0 Å². The zero-order valence-electron chi connectivity index (χ0n) is 15.0. The molecule has 1 saturated heterocycles. The predicted molar refractivity (Wildman–Crippen MR) is 112 cm³/mol. The number of benzene rings is 3. The minimum absolute atomic E-state index is 0.0829. The third-order valence-corrected chi connectivity index (χ3v) is 5.09. The van der Waals surface area contributed by atoms with Crippen LogP contribution < -0.4 is 10.3 Å². The molecule has 1 aliphatic heterocycles. The van der Waals surface area contributed by atoms with Crippen LogP contribution in [0.1, 0.15) is 12.0 Å². The fourth-order valence-electron chi connectivity index (χ4n) is 3.37. The van der Waals surface area contributed by atoms with Crippen LogP contribution in [-0.4, -0.2) is 24.6 Å². The van der Waals surface area contributed by atoms with Crippen molar-refractivity contribution < 1.29 is 9.59 Å². The number of fused-ring (bicyclic) bond motifs is 1. The molecular weight excluding hydrogens is 374 g/mol. The normalized spacial score (nSPS) is 16.8. The van der Waals surface area contributed by atoms with Gasteiger partial charge in [-0.3, -0.25) is 9.59 Å². The smallest absolute Gasteiger partial charge is 0.245 e. The van der Waals surface area contributed by atoms with Gasteiger partial charge in [-0.1, -0.05) is 54.1 Å². The summed E-state index contributed by atoms with van der Waals surface area (Å²) >= 11 is 5.89. The van der Waals surface area contributed by atoms with Crippen LogP contribution in [-0.2, 0) is 9.59 Å². The Morgan fingerprint density at radius 2 is 1.82 bits per heavy atom. The van der Waals surface area contributed by atoms with Crippen molar-refractivity contribution in [3.63, 3.8) is 0 Å². The lowest BCUT2D eigenvalue weighted by molar-refractivity contribution is -0.126. The monoisotopic (exact) mass is 391 g/mol. The molecule has 0 aromatic heterocycles. The average molecular weight is 392 g/mol. The zero-order valence-corrected chi connectivity index (χ0v) is 15.8. The van der Waals surface area contributed by atoms with E-state index in [0.29, 0.717) is 11.6 Å². The summed E-state index contributed by atoms with van der Waals surface area (Å²) in [5.74, 6) is -0.783. The highest BCUT2D eigenvalue weighted by molar-refractivity contribution is 6.30. The molecule has 140 valence electrons. The lowest BCUT2D eigenvalue weighted by Crippen LogP contribution is -2.30. The van der Waals surface area contributed by atoms with Crippen LogP contribution in [0.5, 0.6) is 0 Å². The van der Waals surface area contributed by atoms with Gasteiger partial charge in [0.25, 0.3) is 0 Å². The van der Waals surface area contributed by atoms with E-state index in [4.69, 9.17) is 11.6 Å². The number of hydrogen-bond acceptors (Lipinski definition) is 3. The van der Waals surface area contributed by atoms with Crippen LogP contribution in [0.25, 0.3) is 10.8 Å². The highest BCUT2D eigenvalue weighted by atomic mass is 35.5. The van der Waals surface area contributed by atoms with Crippen LogP contribution in [0.15, 0.2) is 71.8 Å². The SMILES string of the molecule is O=C(N/N=C\c1cccc2ccccc12)[C@@H]1CC(=O)N(c2ccc(Cl)cc2)C1. The zero-order chi connectivity index (χ0) is 19.5. The average Bonchev–Trinajstić information content (AvgIpc) is 3.10. The number of halogens is 1. The van der Waals surface area contributed by atoms with E-state index in [1.807, 2.05) is 42.5 Å². The van der Waals surface area contributed by atoms with Gasteiger partial charge in [-0.15, -0.1) is 0 Å². The van der Waals surface area contributed by atoms with Crippen LogP contribution in [0.2, 0.25) is 5.02 Å². The van der Waals surface area contributed by atoms with Gasteiger partial charge < -0.3 is 4.90 Å². The predicted octanol–water partition coefficient (Wildman–Crippen LogP) is 4.00. The van der Waals surface area contributed by atoms with E-state index in [0.717, 1.165) is 22.0 Å². The molecule has 0 bridgehead atoms. The molecule has 1 heterocycles. The number of nitrogens with one attached hydrogen (secondary N) is 1. The van der Waals surface area contributed by atoms with Gasteiger partial charge in [0.2, 0.25) is 11.8 Å². The number of nitrogens with zero attached hydrogens (tertiary/aromatic N) is 2. The second kappa shape index (κ2) is 7.82. The van der Waals surface area contributed by atoms with E-state index in [1.165, 1.54) is 0 Å². The topological polar surface area (TPSA) is 61.8 Å². The Morgan fingerprint density at radius 3 is 2.64 bits per heavy atom. The molecule has 0 saturated carbocycles. The van der Waals surface area contributed by atoms with Crippen LogP contribution in [0.4, 0.5) is 5.69 Å². The molecule has 1 N–H and O–H groups in total. The summed E-state index contributed by atoms with van der Waals surface area (Å²) in [6, 6.07) is 20.9. The summed E-state index contributed by atoms with van der Waals surface area (Å²) in [7, 11) is 0. The van der Waals surface area contributed by atoms with E-state index < -0.39 is 5.92 Å². The number of amides is 2. The van der Waals surface area contributed by atoms with Gasteiger partial charge in [0, 0.05) is 29.2 Å². The Hall–Kier alpha value is -3.18. The molecule has 28 heavy (non-hydrogen) atoms. The molecule has 2 amide bonds. The van der Waals surface area contributed by atoms with Gasteiger partial charge in [-0.2, -0.15) is 5.10 Å². The van der Waals surface area contributed by atoms with Gasteiger partial charge in [0.05, 0.1) is 12.1 Å². The van der Waals surface area contributed by atoms with Crippen LogP contribution >= 0.6 is 11.6 Å². The first kappa shape index (κ1) is 18.2. The van der Waals surface area contributed by atoms with Gasteiger partial charge in [-0.05, 0) is 35.0 Å². The molecule has 0 unspecified atom stereocenters. The van der Waals surface area contributed by atoms with E-state index in [2.05, 4.69) is 10.5 Å². The fourth-order valence-corrected chi connectivity index (χ4v) is 3.50. The molecule has 4 rings (SSSR count). The molecule has 1 fully saturated rings. The van der Waals surface area contributed by atoms with E-state index in [-0.39, 0.29) is 18.2 Å². The summed E-state index contributed by atoms with van der Waals surface area (Å²) < 4.78 is 0. The first-order valence-electron chi connectivity index (χ1n) is 8.98. The number of hydrogen-bond donors (Lipinski definition) is 1. The van der Waals surface area contributed by atoms with Crippen molar-refractivity contribution in [2.75, 3.05) is 11.4 Å².